The summed E-state index contributed by atoms with van der Waals surface area (Å²) in [6.07, 6.45) is 1.55. The number of benzene rings is 1. The van der Waals surface area contributed by atoms with E-state index in [9.17, 15) is 14.0 Å². The lowest BCUT2D eigenvalue weighted by Gasteiger charge is -2.10. The fourth-order valence-electron chi connectivity index (χ4n) is 2.82. The predicted octanol–water partition coefficient (Wildman–Crippen LogP) is 4.79. The zero-order chi connectivity index (χ0) is 21.1. The zero-order valence-electron chi connectivity index (χ0n) is 15.9. The molecule has 4 aromatic rings. The Morgan fingerprint density at radius 2 is 2.07 bits per heavy atom. The summed E-state index contributed by atoms with van der Waals surface area (Å²) in [7, 11) is 0. The molecule has 0 saturated heterocycles. The molecule has 152 valence electrons. The second-order valence-electron chi connectivity index (χ2n) is 6.40. The number of urea groups is 1. The quantitative estimate of drug-likeness (QED) is 0.468. The van der Waals surface area contributed by atoms with Gasteiger partial charge in [0.15, 0.2) is 0 Å². The minimum Gasteiger partial charge on any atom is -0.333 e. The SMILES string of the molecule is Cc1nc(-c2ccc(CNC(=O)Nc3ccc(-n4ccccc4=O)cc3F)s2)cs1. The smallest absolute Gasteiger partial charge is 0.319 e. The molecule has 30 heavy (non-hydrogen) atoms. The van der Waals surface area contributed by atoms with Crippen LogP contribution in [-0.4, -0.2) is 15.6 Å². The van der Waals surface area contributed by atoms with Crippen molar-refractivity contribution in [2.75, 3.05) is 5.32 Å². The Labute approximate surface area is 179 Å². The second kappa shape index (κ2) is 8.60. The van der Waals surface area contributed by atoms with Gasteiger partial charge in [0, 0.05) is 28.6 Å². The number of hydrogen-bond acceptors (Lipinski definition) is 5. The van der Waals surface area contributed by atoms with E-state index < -0.39 is 11.8 Å². The maximum Gasteiger partial charge on any atom is 0.319 e. The van der Waals surface area contributed by atoms with Crippen LogP contribution >= 0.6 is 22.7 Å². The van der Waals surface area contributed by atoms with Gasteiger partial charge in [-0.1, -0.05) is 6.07 Å². The second-order valence-corrected chi connectivity index (χ2v) is 8.63. The number of thiazole rings is 1. The minimum atomic E-state index is -0.629. The standard InChI is InChI=1S/C21H17FN4O2S2/c1-13-24-18(12-29-13)19-8-6-15(30-19)11-23-21(28)25-17-7-5-14(10-16(17)22)26-9-3-2-4-20(26)27/h2-10,12H,11H2,1H3,(H2,23,25,28). The van der Waals surface area contributed by atoms with E-state index in [1.807, 2.05) is 24.4 Å². The number of carbonyl (C=O) groups excluding carboxylic acids is 1. The lowest BCUT2D eigenvalue weighted by molar-refractivity contribution is 0.251. The van der Waals surface area contributed by atoms with E-state index in [0.29, 0.717) is 12.2 Å². The Kier molecular flexibility index (Phi) is 5.73. The molecule has 0 atom stereocenters. The van der Waals surface area contributed by atoms with E-state index >= 15 is 0 Å². The van der Waals surface area contributed by atoms with Gasteiger partial charge in [-0.2, -0.15) is 0 Å². The number of hydrogen-bond donors (Lipinski definition) is 2. The summed E-state index contributed by atoms with van der Waals surface area (Å²) >= 11 is 3.14. The lowest BCUT2D eigenvalue weighted by Crippen LogP contribution is -2.28. The Balaban J connectivity index is 1.38. The molecule has 0 radical (unpaired) electrons. The average Bonchev–Trinajstić information content (AvgIpc) is 3.37. The first-order chi connectivity index (χ1) is 14.5. The molecular weight excluding hydrogens is 423 g/mol. The molecular formula is C21H17FN4O2S2. The molecule has 2 amide bonds. The van der Waals surface area contributed by atoms with Crippen LogP contribution in [0.1, 0.15) is 9.88 Å². The van der Waals surface area contributed by atoms with Crippen molar-refractivity contribution >= 4 is 34.4 Å². The van der Waals surface area contributed by atoms with E-state index in [0.717, 1.165) is 20.5 Å². The van der Waals surface area contributed by atoms with Gasteiger partial charge in [0.25, 0.3) is 5.56 Å². The number of rotatable bonds is 5. The highest BCUT2D eigenvalue weighted by Gasteiger charge is 2.10. The molecule has 0 spiro atoms. The Bertz CT molecular complexity index is 1260. The lowest BCUT2D eigenvalue weighted by atomic mass is 10.2. The Hall–Kier alpha value is -3.30. The van der Waals surface area contributed by atoms with E-state index in [1.165, 1.54) is 22.8 Å². The summed E-state index contributed by atoms with van der Waals surface area (Å²) in [5.74, 6) is -0.629. The average molecular weight is 441 g/mol. The summed E-state index contributed by atoms with van der Waals surface area (Å²) in [6.45, 7) is 2.27. The van der Waals surface area contributed by atoms with Crippen LogP contribution in [-0.2, 0) is 6.54 Å². The van der Waals surface area contributed by atoms with E-state index in [-0.39, 0.29) is 11.2 Å². The van der Waals surface area contributed by atoms with Crippen molar-refractivity contribution in [3.8, 4) is 16.3 Å². The van der Waals surface area contributed by atoms with E-state index in [2.05, 4.69) is 15.6 Å². The van der Waals surface area contributed by atoms with Crippen molar-refractivity contribution in [1.82, 2.24) is 14.9 Å². The van der Waals surface area contributed by atoms with Crippen LogP contribution in [0.3, 0.4) is 0 Å². The number of thiophene rings is 1. The number of nitrogens with one attached hydrogen (secondary N) is 2. The fraction of sp³-hybridized carbons (Fsp3) is 0.0952. The van der Waals surface area contributed by atoms with E-state index in [4.69, 9.17) is 0 Å². The molecule has 0 saturated carbocycles. The number of amides is 2. The molecule has 4 rings (SSSR count). The van der Waals surface area contributed by atoms with Crippen LogP contribution in [0.2, 0.25) is 0 Å². The first kappa shape index (κ1) is 20.0. The first-order valence-electron chi connectivity index (χ1n) is 9.03. The zero-order valence-corrected chi connectivity index (χ0v) is 17.5. The molecule has 0 aliphatic heterocycles. The van der Waals surface area contributed by atoms with Gasteiger partial charge in [-0.15, -0.1) is 22.7 Å². The molecule has 0 aliphatic carbocycles. The third kappa shape index (κ3) is 4.47. The van der Waals surface area contributed by atoms with Gasteiger partial charge >= 0.3 is 6.03 Å². The highest BCUT2D eigenvalue weighted by Crippen LogP contribution is 2.29. The molecule has 0 bridgehead atoms. The van der Waals surface area contributed by atoms with Gasteiger partial charge in [-0.05, 0) is 37.3 Å². The van der Waals surface area contributed by atoms with Gasteiger partial charge in [0.2, 0.25) is 0 Å². The van der Waals surface area contributed by atoms with Gasteiger partial charge in [-0.3, -0.25) is 9.36 Å². The molecule has 0 fully saturated rings. The third-order valence-corrected chi connectivity index (χ3v) is 6.14. The monoisotopic (exact) mass is 440 g/mol. The molecule has 1 aromatic carbocycles. The maximum absolute atomic E-state index is 14.4. The van der Waals surface area contributed by atoms with Crippen LogP contribution in [0.5, 0.6) is 0 Å². The van der Waals surface area contributed by atoms with Crippen molar-refractivity contribution in [2.24, 2.45) is 0 Å². The number of halogens is 1. The van der Waals surface area contributed by atoms with Crippen LogP contribution in [0.25, 0.3) is 16.3 Å². The van der Waals surface area contributed by atoms with Crippen molar-refractivity contribution in [1.29, 1.82) is 0 Å². The highest BCUT2D eigenvalue weighted by molar-refractivity contribution is 7.16. The maximum atomic E-state index is 14.4. The van der Waals surface area contributed by atoms with Gasteiger partial charge in [0.1, 0.15) is 5.82 Å². The number of pyridine rings is 1. The van der Waals surface area contributed by atoms with Crippen molar-refractivity contribution < 1.29 is 9.18 Å². The summed E-state index contributed by atoms with van der Waals surface area (Å²) in [5, 5.41) is 8.22. The van der Waals surface area contributed by atoms with Crippen LogP contribution in [0.4, 0.5) is 14.9 Å². The first-order valence-corrected chi connectivity index (χ1v) is 10.7. The van der Waals surface area contributed by atoms with Gasteiger partial charge in [-0.25, -0.2) is 14.2 Å². The molecule has 6 nitrogen and oxygen atoms in total. The number of carbonyl (C=O) groups is 1. The number of nitrogens with zero attached hydrogens (tertiary/aromatic N) is 2. The summed E-state index contributed by atoms with van der Waals surface area (Å²) in [4.78, 5) is 30.5. The molecule has 2 N–H and O–H groups in total. The molecule has 3 aromatic heterocycles. The van der Waals surface area contributed by atoms with Crippen LogP contribution in [0, 0.1) is 12.7 Å². The predicted molar refractivity (Wildman–Crippen MR) is 118 cm³/mol. The minimum absolute atomic E-state index is 0.0325. The summed E-state index contributed by atoms with van der Waals surface area (Å²) < 4.78 is 15.7. The van der Waals surface area contributed by atoms with Gasteiger partial charge in [0.05, 0.1) is 33.5 Å². The Morgan fingerprint density at radius 3 is 2.80 bits per heavy atom. The number of aromatic nitrogens is 2. The normalized spacial score (nSPS) is 10.7. The third-order valence-electron chi connectivity index (χ3n) is 4.26. The topological polar surface area (TPSA) is 76.0 Å². The molecule has 0 unspecified atom stereocenters. The van der Waals surface area contributed by atoms with E-state index in [1.54, 1.807) is 47.1 Å². The van der Waals surface area contributed by atoms with Crippen molar-refractivity contribution in [3.63, 3.8) is 0 Å². The number of aryl methyl sites for hydroxylation is 1. The van der Waals surface area contributed by atoms with Crippen LogP contribution < -0.4 is 16.2 Å². The van der Waals surface area contributed by atoms with Crippen molar-refractivity contribution in [2.45, 2.75) is 13.5 Å². The summed E-state index contributed by atoms with van der Waals surface area (Å²) in [6, 6.07) is 12.3. The fourth-order valence-corrected chi connectivity index (χ4v) is 4.41. The Morgan fingerprint density at radius 1 is 1.20 bits per heavy atom. The molecule has 9 heteroatoms. The number of anilines is 1. The largest absolute Gasteiger partial charge is 0.333 e. The van der Waals surface area contributed by atoms with Crippen molar-refractivity contribution in [3.05, 3.63) is 86.2 Å². The molecule has 0 aliphatic rings. The van der Waals surface area contributed by atoms with Crippen LogP contribution in [0.15, 0.2) is 64.9 Å². The highest BCUT2D eigenvalue weighted by atomic mass is 32.1. The molecule has 3 heterocycles. The van der Waals surface area contributed by atoms with Gasteiger partial charge < -0.3 is 10.6 Å². The summed E-state index contributed by atoms with van der Waals surface area (Å²) in [5.41, 5.74) is 1.08.